The van der Waals surface area contributed by atoms with E-state index in [1.807, 2.05) is 0 Å². The molecule has 1 saturated carbocycles. The Bertz CT molecular complexity index is 756. The van der Waals surface area contributed by atoms with Gasteiger partial charge in [0.1, 0.15) is 10.7 Å². The zero-order valence-electron chi connectivity index (χ0n) is 14.2. The summed E-state index contributed by atoms with van der Waals surface area (Å²) in [6.07, 6.45) is 2.09. The second kappa shape index (κ2) is 8.62. The predicted octanol–water partition coefficient (Wildman–Crippen LogP) is 1.33. The number of hydrogen-bond acceptors (Lipinski definition) is 5. The highest BCUT2D eigenvalue weighted by Gasteiger charge is 2.31. The molecule has 146 valence electrons. The number of carbonyl (C=O) groups excluding carboxylic acids is 1. The monoisotopic (exact) mass is 407 g/mol. The molecule has 7 nitrogen and oxygen atoms in total. The average molecular weight is 408 g/mol. The number of halogens is 2. The molecular weight excluding hydrogens is 385 g/mol. The van der Waals surface area contributed by atoms with Gasteiger partial charge in [0, 0.05) is 30.7 Å². The van der Waals surface area contributed by atoms with Crippen LogP contribution in [0, 0.1) is 11.7 Å². The van der Waals surface area contributed by atoms with Gasteiger partial charge in [-0.05, 0) is 37.5 Å². The second-order valence-corrected chi connectivity index (χ2v) is 8.33. The lowest BCUT2D eigenvalue weighted by atomic mass is 10.1. The van der Waals surface area contributed by atoms with Gasteiger partial charge < -0.3 is 15.8 Å². The van der Waals surface area contributed by atoms with Gasteiger partial charge in [-0.15, -0.1) is 12.4 Å². The normalized spacial score (nSPS) is 24.1. The molecule has 1 aliphatic heterocycles. The van der Waals surface area contributed by atoms with Crippen molar-refractivity contribution >= 4 is 34.0 Å². The third kappa shape index (κ3) is 4.52. The van der Waals surface area contributed by atoms with Crippen LogP contribution in [0.15, 0.2) is 23.1 Å². The first-order valence-electron chi connectivity index (χ1n) is 8.32. The summed E-state index contributed by atoms with van der Waals surface area (Å²) < 4.78 is 45.8. The first-order chi connectivity index (χ1) is 11.9. The number of nitrogens with two attached hydrogens (primary N) is 1. The van der Waals surface area contributed by atoms with Crippen molar-refractivity contribution in [2.75, 3.05) is 31.6 Å². The number of sulfonamides is 1. The van der Waals surface area contributed by atoms with Crippen LogP contribution in [0.4, 0.5) is 10.1 Å². The highest BCUT2D eigenvalue weighted by molar-refractivity contribution is 7.89. The number of carbonyl (C=O) groups is 1. The largest absolute Gasteiger partial charge is 0.379 e. The lowest BCUT2D eigenvalue weighted by Gasteiger charge is -2.26. The van der Waals surface area contributed by atoms with E-state index in [0.29, 0.717) is 12.8 Å². The topological polar surface area (TPSA) is 102 Å². The van der Waals surface area contributed by atoms with Crippen molar-refractivity contribution in [2.45, 2.75) is 30.2 Å². The number of ether oxygens (including phenoxy) is 1. The van der Waals surface area contributed by atoms with E-state index in [1.54, 1.807) is 0 Å². The summed E-state index contributed by atoms with van der Waals surface area (Å²) >= 11 is 0. The molecule has 2 atom stereocenters. The van der Waals surface area contributed by atoms with E-state index in [-0.39, 0.29) is 62.3 Å². The fourth-order valence-corrected chi connectivity index (χ4v) is 4.70. The van der Waals surface area contributed by atoms with Crippen LogP contribution < -0.4 is 11.1 Å². The molecule has 2 aliphatic rings. The Hall–Kier alpha value is -1.26. The molecule has 1 aliphatic carbocycles. The lowest BCUT2D eigenvalue weighted by Crippen LogP contribution is -2.40. The molecule has 3 rings (SSSR count). The highest BCUT2D eigenvalue weighted by atomic mass is 35.5. The fraction of sp³-hybridized carbons (Fsp3) is 0.562. The number of rotatable bonds is 4. The zero-order chi connectivity index (χ0) is 18.0. The van der Waals surface area contributed by atoms with Gasteiger partial charge in [-0.3, -0.25) is 4.79 Å². The maximum atomic E-state index is 14.1. The Morgan fingerprint density at radius 2 is 1.96 bits per heavy atom. The fourth-order valence-electron chi connectivity index (χ4n) is 3.20. The molecule has 26 heavy (non-hydrogen) atoms. The molecule has 1 aromatic carbocycles. The van der Waals surface area contributed by atoms with E-state index in [1.165, 1.54) is 16.4 Å². The van der Waals surface area contributed by atoms with Crippen molar-refractivity contribution in [3.05, 3.63) is 24.0 Å². The quantitative estimate of drug-likeness (QED) is 0.784. The van der Waals surface area contributed by atoms with Crippen LogP contribution in [0.3, 0.4) is 0 Å². The van der Waals surface area contributed by atoms with Gasteiger partial charge in [-0.1, -0.05) is 0 Å². The summed E-state index contributed by atoms with van der Waals surface area (Å²) in [5, 5.41) is 2.68. The van der Waals surface area contributed by atoms with E-state index < -0.39 is 20.7 Å². The summed E-state index contributed by atoms with van der Waals surface area (Å²) in [6, 6.07) is 3.61. The third-order valence-corrected chi connectivity index (χ3v) is 6.54. The van der Waals surface area contributed by atoms with Crippen molar-refractivity contribution < 1.29 is 22.3 Å². The number of anilines is 1. The standard InChI is InChI=1S/C16H22FN3O4S.ClH/c17-14-4-3-13(19-16(21)11-1-2-12(18)9-11)10-15(14)25(22,23)20-5-7-24-8-6-20;/h3-4,10-12H,1-2,5-9,18H2,(H,19,21);1H. The van der Waals surface area contributed by atoms with Crippen LogP contribution in [-0.2, 0) is 19.6 Å². The van der Waals surface area contributed by atoms with Crippen molar-refractivity contribution in [2.24, 2.45) is 11.7 Å². The number of nitrogens with zero attached hydrogens (tertiary/aromatic N) is 1. The lowest BCUT2D eigenvalue weighted by molar-refractivity contribution is -0.119. The van der Waals surface area contributed by atoms with E-state index in [4.69, 9.17) is 10.5 Å². The van der Waals surface area contributed by atoms with Crippen molar-refractivity contribution in [3.8, 4) is 0 Å². The SMILES string of the molecule is Cl.NC1CCC(C(=O)Nc2ccc(F)c(S(=O)(=O)N3CCOCC3)c2)C1. The van der Waals surface area contributed by atoms with Crippen molar-refractivity contribution in [1.82, 2.24) is 4.31 Å². The molecule has 0 aromatic heterocycles. The first kappa shape index (κ1) is 21.0. The molecule has 1 aromatic rings. The van der Waals surface area contributed by atoms with Gasteiger partial charge in [0.05, 0.1) is 13.2 Å². The van der Waals surface area contributed by atoms with Gasteiger partial charge >= 0.3 is 0 Å². The first-order valence-corrected chi connectivity index (χ1v) is 9.76. The van der Waals surface area contributed by atoms with Crippen LogP contribution >= 0.6 is 12.4 Å². The van der Waals surface area contributed by atoms with Gasteiger partial charge in [0.25, 0.3) is 0 Å². The highest BCUT2D eigenvalue weighted by Crippen LogP contribution is 2.27. The number of hydrogen-bond donors (Lipinski definition) is 2. The maximum Gasteiger partial charge on any atom is 0.246 e. The molecule has 0 spiro atoms. The number of amides is 1. The Labute approximate surface area is 158 Å². The number of nitrogens with one attached hydrogen (secondary N) is 1. The van der Waals surface area contributed by atoms with Crippen LogP contribution in [0.25, 0.3) is 0 Å². The van der Waals surface area contributed by atoms with Crippen molar-refractivity contribution in [3.63, 3.8) is 0 Å². The van der Waals surface area contributed by atoms with Crippen LogP contribution in [-0.4, -0.2) is 51.0 Å². The van der Waals surface area contributed by atoms with Gasteiger partial charge in [0.2, 0.25) is 15.9 Å². The Balaban J connectivity index is 0.00000243. The Kier molecular flexibility index (Phi) is 6.98. The summed E-state index contributed by atoms with van der Waals surface area (Å²) in [5.74, 6) is -1.25. The summed E-state index contributed by atoms with van der Waals surface area (Å²) in [6.45, 7) is 0.912. The molecule has 2 fully saturated rings. The maximum absolute atomic E-state index is 14.1. The van der Waals surface area contributed by atoms with Gasteiger partial charge in [-0.25, -0.2) is 12.8 Å². The number of morpholine rings is 1. The Morgan fingerprint density at radius 3 is 2.58 bits per heavy atom. The van der Waals surface area contributed by atoms with Crippen LogP contribution in [0.2, 0.25) is 0 Å². The van der Waals surface area contributed by atoms with Crippen molar-refractivity contribution in [1.29, 1.82) is 0 Å². The molecule has 10 heteroatoms. The summed E-state index contributed by atoms with van der Waals surface area (Å²) in [4.78, 5) is 11.8. The minimum Gasteiger partial charge on any atom is -0.379 e. The Morgan fingerprint density at radius 1 is 1.27 bits per heavy atom. The van der Waals surface area contributed by atoms with E-state index in [0.717, 1.165) is 12.5 Å². The smallest absolute Gasteiger partial charge is 0.246 e. The van der Waals surface area contributed by atoms with E-state index in [2.05, 4.69) is 5.32 Å². The van der Waals surface area contributed by atoms with E-state index >= 15 is 0 Å². The molecule has 1 heterocycles. The molecule has 1 saturated heterocycles. The molecule has 2 unspecified atom stereocenters. The second-order valence-electron chi connectivity index (χ2n) is 6.42. The zero-order valence-corrected chi connectivity index (χ0v) is 15.8. The average Bonchev–Trinajstić information content (AvgIpc) is 3.04. The number of benzene rings is 1. The van der Waals surface area contributed by atoms with Crippen LogP contribution in [0.1, 0.15) is 19.3 Å². The van der Waals surface area contributed by atoms with Gasteiger partial charge in [-0.2, -0.15) is 4.31 Å². The molecule has 0 radical (unpaired) electrons. The minimum atomic E-state index is -3.97. The summed E-state index contributed by atoms with van der Waals surface area (Å²) in [5.41, 5.74) is 6.08. The summed E-state index contributed by atoms with van der Waals surface area (Å²) in [7, 11) is -3.97. The molecule has 1 amide bonds. The molecule has 0 bridgehead atoms. The van der Waals surface area contributed by atoms with Gasteiger partial charge in [0.15, 0.2) is 0 Å². The minimum absolute atomic E-state index is 0. The predicted molar refractivity (Wildman–Crippen MR) is 97.2 cm³/mol. The van der Waals surface area contributed by atoms with E-state index in [9.17, 15) is 17.6 Å². The molecule has 3 N–H and O–H groups in total. The third-order valence-electron chi connectivity index (χ3n) is 4.63. The van der Waals surface area contributed by atoms with Crippen LogP contribution in [0.5, 0.6) is 0 Å². The molecular formula is C16H23ClFN3O4S.